The van der Waals surface area contributed by atoms with E-state index in [2.05, 4.69) is 0 Å². The molecule has 7 heteroatoms. The van der Waals surface area contributed by atoms with E-state index in [1.54, 1.807) is 24.3 Å². The van der Waals surface area contributed by atoms with Crippen LogP contribution in [-0.4, -0.2) is 0 Å². The Morgan fingerprint density at radius 2 is 0.966 bits per heavy atom. The Labute approximate surface area is 171 Å². The maximum absolute atomic E-state index is 14.4. The molecule has 2 aromatic rings. The molecule has 4 rings (SSSR count). The Balaban J connectivity index is 1.86. The first-order valence-electron chi connectivity index (χ1n) is 8.96. The Morgan fingerprint density at radius 3 is 1.34 bits per heavy atom. The van der Waals surface area contributed by atoms with Gasteiger partial charge in [0.05, 0.1) is 0 Å². The van der Waals surface area contributed by atoms with Gasteiger partial charge in [-0.15, -0.1) is 0 Å². The molecule has 0 bridgehead atoms. The number of halogens is 4. The second-order valence-electron chi connectivity index (χ2n) is 6.67. The minimum atomic E-state index is -4.68. The molecule has 0 spiro atoms. The molecular weight excluding hydrogens is 463 g/mol. The molecule has 0 N–H and O–H groups in total. The summed E-state index contributed by atoms with van der Waals surface area (Å²) in [6.07, 6.45) is 14.4. The van der Waals surface area contributed by atoms with Crippen molar-refractivity contribution in [1.82, 2.24) is 0 Å². The summed E-state index contributed by atoms with van der Waals surface area (Å²) in [5.41, 5.74) is 0. The molecule has 0 radical (unpaired) electrons. The molecule has 2 aliphatic carbocycles. The van der Waals surface area contributed by atoms with Crippen LogP contribution in [0.25, 0.3) is 0 Å². The molecule has 0 aromatic heterocycles. The van der Waals surface area contributed by atoms with Crippen molar-refractivity contribution in [3.63, 3.8) is 0 Å². The van der Waals surface area contributed by atoms with Crippen molar-refractivity contribution in [2.75, 3.05) is 0 Å². The van der Waals surface area contributed by atoms with Crippen molar-refractivity contribution in [3.8, 4) is 11.5 Å². The molecule has 0 heterocycles. The topological polar surface area (TPSA) is 18.5 Å². The summed E-state index contributed by atoms with van der Waals surface area (Å²) < 4.78 is 68.0. The Hall–Kier alpha value is -2.40. The fourth-order valence-electron chi connectivity index (χ4n) is 3.37. The second kappa shape index (κ2) is 8.15. The van der Waals surface area contributed by atoms with Gasteiger partial charge in [-0.1, -0.05) is 0 Å². The minimum absolute atomic E-state index is 0.306. The molecule has 0 saturated heterocycles. The van der Waals surface area contributed by atoms with Gasteiger partial charge in [0.2, 0.25) is 0 Å². The van der Waals surface area contributed by atoms with Crippen molar-refractivity contribution in [1.29, 1.82) is 0 Å². The Kier molecular flexibility index (Phi) is 5.59. The average Bonchev–Trinajstić information content (AvgIpc) is 3.41. The molecule has 148 valence electrons. The van der Waals surface area contributed by atoms with E-state index in [0.29, 0.717) is 0 Å². The molecule has 0 fully saturated rings. The molecule has 0 amide bonds. The van der Waals surface area contributed by atoms with Crippen molar-refractivity contribution in [3.05, 3.63) is 108 Å². The average molecular weight is 480 g/mol. The fraction of sp³-hybridized carbons (Fsp3) is 0.0909. The van der Waals surface area contributed by atoms with Crippen LogP contribution in [-0.2, 0) is 21.1 Å². The third-order valence-corrected chi connectivity index (χ3v) is 13.9. The van der Waals surface area contributed by atoms with E-state index in [1.807, 2.05) is 24.3 Å². The van der Waals surface area contributed by atoms with Gasteiger partial charge in [-0.3, -0.25) is 0 Å². The van der Waals surface area contributed by atoms with Crippen LogP contribution in [0.2, 0.25) is 7.25 Å². The van der Waals surface area contributed by atoms with Gasteiger partial charge < -0.3 is 0 Å². The third kappa shape index (κ3) is 4.02. The monoisotopic (exact) mass is 478 g/mol. The van der Waals surface area contributed by atoms with Crippen LogP contribution in [0, 0.1) is 23.3 Å². The van der Waals surface area contributed by atoms with Crippen molar-refractivity contribution in [2.45, 2.75) is 7.25 Å². The third-order valence-electron chi connectivity index (χ3n) is 4.75. The van der Waals surface area contributed by atoms with E-state index < -0.39 is 44.4 Å². The molecule has 0 saturated carbocycles. The summed E-state index contributed by atoms with van der Waals surface area (Å²) in [7, 11) is 0. The summed E-state index contributed by atoms with van der Waals surface area (Å²) in [5.74, 6) is -3.47. The maximum atomic E-state index is 14.4. The Morgan fingerprint density at radius 1 is 0.586 bits per heavy atom. The van der Waals surface area contributed by atoms with Crippen LogP contribution in [0.5, 0.6) is 11.5 Å². The van der Waals surface area contributed by atoms with Gasteiger partial charge in [0.15, 0.2) is 0 Å². The van der Waals surface area contributed by atoms with Crippen LogP contribution < -0.4 is 5.63 Å². The quantitative estimate of drug-likeness (QED) is 0.440. The molecule has 2 nitrogen and oxygen atoms in total. The summed E-state index contributed by atoms with van der Waals surface area (Å²) in [5, 5.41) is 0. The number of hydrogen-bond donors (Lipinski definition) is 0. The second-order valence-corrected chi connectivity index (χ2v) is 14.5. The zero-order chi connectivity index (χ0) is 20.4. The predicted molar refractivity (Wildman–Crippen MR) is 98.0 cm³/mol. The standard InChI is InChI=1S/2C6H4F2O.2C5H5.Zr/c2*7-4-1-2-5(8)6(9)3-4;2*1-2-4-5-3-1;/h2*1-3,9H;2*1-5H;/q;;;;+2/p-2. The first kappa shape index (κ1) is 19.9. The number of benzene rings is 2. The summed E-state index contributed by atoms with van der Waals surface area (Å²) in [4.78, 5) is 0. The van der Waals surface area contributed by atoms with Gasteiger partial charge in [-0.25, -0.2) is 0 Å². The number of allylic oxidation sites excluding steroid dienone is 8. The fourth-order valence-corrected chi connectivity index (χ4v) is 12.1. The van der Waals surface area contributed by atoms with E-state index in [4.69, 9.17) is 5.63 Å². The molecule has 0 unspecified atom stereocenters. The van der Waals surface area contributed by atoms with Gasteiger partial charge in [-0.2, -0.15) is 0 Å². The van der Waals surface area contributed by atoms with Crippen LogP contribution in [0.15, 0.2) is 85.0 Å². The SMILES string of the molecule is Fc1ccc(F)c([O][Zr]([O]c2cc(F)ccc2F)([CH]2C=CC=C2)[CH]2C=CC=C2)c1. The summed E-state index contributed by atoms with van der Waals surface area (Å²) in [6, 6.07) is 5.78. The van der Waals surface area contributed by atoms with Gasteiger partial charge in [-0.05, 0) is 0 Å². The first-order valence-corrected chi connectivity index (χ1v) is 13.8. The van der Waals surface area contributed by atoms with Gasteiger partial charge >= 0.3 is 171 Å². The van der Waals surface area contributed by atoms with Crippen molar-refractivity contribution < 1.29 is 44.3 Å². The van der Waals surface area contributed by atoms with Gasteiger partial charge in [0.1, 0.15) is 0 Å². The van der Waals surface area contributed by atoms with E-state index in [9.17, 15) is 17.6 Å². The molecule has 29 heavy (non-hydrogen) atoms. The van der Waals surface area contributed by atoms with Crippen LogP contribution in [0.3, 0.4) is 0 Å². The van der Waals surface area contributed by atoms with E-state index in [1.165, 1.54) is 0 Å². The zero-order valence-electron chi connectivity index (χ0n) is 15.1. The normalized spacial score (nSPS) is 16.1. The predicted octanol–water partition coefficient (Wildman–Crippen LogP) is 6.51. The molecule has 0 atom stereocenters. The van der Waals surface area contributed by atoms with Crippen LogP contribution in [0.1, 0.15) is 0 Å². The van der Waals surface area contributed by atoms with Crippen molar-refractivity contribution >= 4 is 0 Å². The zero-order valence-corrected chi connectivity index (χ0v) is 17.5. The van der Waals surface area contributed by atoms with E-state index >= 15 is 0 Å². The van der Waals surface area contributed by atoms with Gasteiger partial charge in [0, 0.05) is 0 Å². The first-order chi connectivity index (χ1) is 14.0. The van der Waals surface area contributed by atoms with Crippen LogP contribution >= 0.6 is 0 Å². The van der Waals surface area contributed by atoms with E-state index in [0.717, 1.165) is 36.4 Å². The number of hydrogen-bond acceptors (Lipinski definition) is 2. The molecule has 2 aliphatic rings. The summed E-state index contributed by atoms with van der Waals surface area (Å²) in [6.45, 7) is 0. The Bertz CT molecular complexity index is 938. The van der Waals surface area contributed by atoms with Crippen LogP contribution in [0.4, 0.5) is 17.6 Å². The molecule has 0 aliphatic heterocycles. The van der Waals surface area contributed by atoms with Crippen molar-refractivity contribution in [2.24, 2.45) is 0 Å². The molecule has 2 aromatic carbocycles. The van der Waals surface area contributed by atoms with Gasteiger partial charge in [0.25, 0.3) is 0 Å². The summed E-state index contributed by atoms with van der Waals surface area (Å²) >= 11 is -4.68. The molecular formula is C22H16F4O2Zr. The number of rotatable bonds is 6. The van der Waals surface area contributed by atoms with E-state index in [-0.39, 0.29) is 18.8 Å².